The second-order valence-electron chi connectivity index (χ2n) is 8.41. The Labute approximate surface area is 204 Å². The molecule has 8 nitrogen and oxygen atoms in total. The Morgan fingerprint density at radius 3 is 2.06 bits per heavy atom. The average molecular weight is 491 g/mol. The number of carbonyl (C=O) groups is 1. The molecule has 0 bridgehead atoms. The van der Waals surface area contributed by atoms with E-state index in [1.807, 2.05) is 0 Å². The molecule has 0 saturated heterocycles. The van der Waals surface area contributed by atoms with E-state index in [4.69, 9.17) is 4.74 Å². The van der Waals surface area contributed by atoms with Gasteiger partial charge in [0.2, 0.25) is 11.8 Å². The van der Waals surface area contributed by atoms with Crippen LogP contribution < -0.4 is 14.8 Å². The molecule has 9 heteroatoms. The number of hydrogen-bond acceptors (Lipinski definition) is 6. The molecule has 1 heterocycles. The summed E-state index contributed by atoms with van der Waals surface area (Å²) in [5.74, 6) is 0.303. The van der Waals surface area contributed by atoms with Crippen LogP contribution in [0.15, 0.2) is 41.6 Å². The van der Waals surface area contributed by atoms with Crippen LogP contribution in [-0.4, -0.2) is 31.4 Å². The van der Waals surface area contributed by atoms with Crippen molar-refractivity contribution >= 4 is 27.4 Å². The van der Waals surface area contributed by atoms with Crippen LogP contribution in [0.3, 0.4) is 0 Å². The monoisotopic (exact) mass is 490 g/mol. The molecule has 2 N–H and O–H groups in total. The molecule has 0 aliphatic rings. The van der Waals surface area contributed by atoms with Crippen molar-refractivity contribution in [1.29, 1.82) is 0 Å². The maximum atomic E-state index is 12.6. The van der Waals surface area contributed by atoms with Crippen molar-refractivity contribution in [1.82, 2.24) is 9.97 Å². The van der Waals surface area contributed by atoms with Crippen molar-refractivity contribution in [3.05, 3.63) is 36.7 Å². The first-order chi connectivity index (χ1) is 16.4. The van der Waals surface area contributed by atoms with E-state index in [0.717, 1.165) is 12.8 Å². The minimum atomic E-state index is -3.83. The first kappa shape index (κ1) is 27.6. The van der Waals surface area contributed by atoms with Gasteiger partial charge in [-0.2, -0.15) is 0 Å². The number of anilines is 2. The van der Waals surface area contributed by atoms with Gasteiger partial charge in [0, 0.05) is 18.2 Å². The maximum Gasteiger partial charge on any atom is 0.263 e. The van der Waals surface area contributed by atoms with E-state index < -0.39 is 10.0 Å². The SMILES string of the molecule is CCCCCCCCCCCCCC(=O)Nc1ccc(S(=O)(=O)Nc2cc(OC)ncn2)cc1. The molecule has 0 unspecified atom stereocenters. The number of rotatable bonds is 17. The summed E-state index contributed by atoms with van der Waals surface area (Å²) in [6.45, 7) is 2.24. The molecular formula is C25H38N4O4S. The third-order valence-electron chi connectivity index (χ3n) is 5.55. The number of aromatic nitrogens is 2. The molecule has 0 atom stereocenters. The summed E-state index contributed by atoms with van der Waals surface area (Å²) >= 11 is 0. The van der Waals surface area contributed by atoms with E-state index in [-0.39, 0.29) is 22.5 Å². The molecule has 0 spiro atoms. The van der Waals surface area contributed by atoms with Crippen molar-refractivity contribution < 1.29 is 17.9 Å². The fourth-order valence-electron chi connectivity index (χ4n) is 3.59. The summed E-state index contributed by atoms with van der Waals surface area (Å²) in [7, 11) is -2.39. The number of methoxy groups -OCH3 is 1. The number of ether oxygens (including phenoxy) is 1. The maximum absolute atomic E-state index is 12.6. The van der Waals surface area contributed by atoms with Gasteiger partial charge >= 0.3 is 0 Å². The lowest BCUT2D eigenvalue weighted by Gasteiger charge is -2.09. The first-order valence-corrected chi connectivity index (χ1v) is 13.7. The largest absolute Gasteiger partial charge is 0.481 e. The Kier molecular flexibility index (Phi) is 12.4. The van der Waals surface area contributed by atoms with Crippen LogP contribution in [0.25, 0.3) is 0 Å². The van der Waals surface area contributed by atoms with E-state index in [1.54, 1.807) is 12.1 Å². The van der Waals surface area contributed by atoms with Crippen molar-refractivity contribution in [3.63, 3.8) is 0 Å². The average Bonchev–Trinajstić information content (AvgIpc) is 2.82. The molecule has 0 aliphatic carbocycles. The molecule has 2 aromatic rings. The normalized spacial score (nSPS) is 11.2. The number of nitrogens with one attached hydrogen (secondary N) is 2. The van der Waals surface area contributed by atoms with E-state index in [0.29, 0.717) is 12.1 Å². The van der Waals surface area contributed by atoms with Gasteiger partial charge in [-0.05, 0) is 30.7 Å². The molecule has 2 rings (SSSR count). The van der Waals surface area contributed by atoms with E-state index >= 15 is 0 Å². The highest BCUT2D eigenvalue weighted by Crippen LogP contribution is 2.19. The van der Waals surface area contributed by atoms with Gasteiger partial charge in [-0.3, -0.25) is 9.52 Å². The second-order valence-corrected chi connectivity index (χ2v) is 10.1. The summed E-state index contributed by atoms with van der Waals surface area (Å²) in [6, 6.07) is 7.43. The highest BCUT2D eigenvalue weighted by molar-refractivity contribution is 7.92. The summed E-state index contributed by atoms with van der Waals surface area (Å²) < 4.78 is 32.5. The first-order valence-electron chi connectivity index (χ1n) is 12.2. The zero-order valence-electron chi connectivity index (χ0n) is 20.4. The van der Waals surface area contributed by atoms with Crippen LogP contribution in [0.4, 0.5) is 11.5 Å². The Morgan fingerprint density at radius 1 is 0.882 bits per heavy atom. The second kappa shape index (κ2) is 15.3. The van der Waals surface area contributed by atoms with Crippen molar-refractivity contribution in [2.45, 2.75) is 88.9 Å². The lowest BCUT2D eigenvalue weighted by molar-refractivity contribution is -0.116. The van der Waals surface area contributed by atoms with Gasteiger partial charge < -0.3 is 10.1 Å². The molecule has 34 heavy (non-hydrogen) atoms. The molecular weight excluding hydrogens is 452 g/mol. The lowest BCUT2D eigenvalue weighted by Crippen LogP contribution is -2.15. The van der Waals surface area contributed by atoms with E-state index in [1.165, 1.54) is 89.4 Å². The highest BCUT2D eigenvalue weighted by atomic mass is 32.2. The third-order valence-corrected chi connectivity index (χ3v) is 6.92. The van der Waals surface area contributed by atoms with Gasteiger partial charge in [-0.25, -0.2) is 18.4 Å². The summed E-state index contributed by atoms with van der Waals surface area (Å²) in [6.07, 6.45) is 15.3. The van der Waals surface area contributed by atoms with Gasteiger partial charge in [-0.15, -0.1) is 0 Å². The van der Waals surface area contributed by atoms with E-state index in [2.05, 4.69) is 26.9 Å². The zero-order valence-corrected chi connectivity index (χ0v) is 21.2. The Hall–Kier alpha value is -2.68. The number of nitrogens with zero attached hydrogens (tertiary/aromatic N) is 2. The molecule has 1 amide bonds. The topological polar surface area (TPSA) is 110 Å². The van der Waals surface area contributed by atoms with Gasteiger partial charge in [0.05, 0.1) is 12.0 Å². The van der Waals surface area contributed by atoms with Crippen LogP contribution in [0.2, 0.25) is 0 Å². The smallest absolute Gasteiger partial charge is 0.263 e. The summed E-state index contributed by atoms with van der Waals surface area (Å²) in [5, 5.41) is 2.83. The zero-order chi connectivity index (χ0) is 24.7. The Morgan fingerprint density at radius 2 is 1.47 bits per heavy atom. The standard InChI is InChI=1S/C25H38N4O4S/c1-3-4-5-6-7-8-9-10-11-12-13-14-24(30)28-21-15-17-22(18-16-21)34(31,32)29-23-19-25(33-2)27-20-26-23/h15-20H,3-14H2,1-2H3,(H,28,30)(H,26,27,29). The van der Waals surface area contributed by atoms with Crippen LogP contribution >= 0.6 is 0 Å². The number of unbranched alkanes of at least 4 members (excludes halogenated alkanes) is 10. The van der Waals surface area contributed by atoms with Crippen LogP contribution in [0.5, 0.6) is 5.88 Å². The molecule has 1 aromatic heterocycles. The number of amides is 1. The molecule has 188 valence electrons. The predicted octanol–water partition coefficient (Wildman–Crippen LogP) is 5.93. The van der Waals surface area contributed by atoms with Crippen LogP contribution in [-0.2, 0) is 14.8 Å². The molecule has 0 radical (unpaired) electrons. The molecule has 0 fully saturated rings. The van der Waals surface area contributed by atoms with Crippen molar-refractivity contribution in [2.24, 2.45) is 0 Å². The third kappa shape index (κ3) is 10.5. The number of sulfonamides is 1. The molecule has 0 aliphatic heterocycles. The highest BCUT2D eigenvalue weighted by Gasteiger charge is 2.15. The van der Waals surface area contributed by atoms with Crippen LogP contribution in [0.1, 0.15) is 84.0 Å². The predicted molar refractivity (Wildman–Crippen MR) is 136 cm³/mol. The van der Waals surface area contributed by atoms with Gasteiger partial charge in [0.1, 0.15) is 12.1 Å². The Balaban J connectivity index is 1.66. The van der Waals surface area contributed by atoms with Gasteiger partial charge in [0.25, 0.3) is 10.0 Å². The van der Waals surface area contributed by atoms with Crippen molar-refractivity contribution in [3.8, 4) is 5.88 Å². The minimum absolute atomic E-state index is 0.0577. The van der Waals surface area contributed by atoms with Gasteiger partial charge in [0.15, 0.2) is 0 Å². The van der Waals surface area contributed by atoms with Crippen molar-refractivity contribution in [2.75, 3.05) is 17.1 Å². The van der Waals surface area contributed by atoms with E-state index in [9.17, 15) is 13.2 Å². The number of hydrogen-bond donors (Lipinski definition) is 2. The number of benzene rings is 1. The fraction of sp³-hybridized carbons (Fsp3) is 0.560. The quantitative estimate of drug-likeness (QED) is 0.266. The minimum Gasteiger partial charge on any atom is -0.481 e. The lowest BCUT2D eigenvalue weighted by atomic mass is 10.1. The molecule has 1 aromatic carbocycles. The summed E-state index contributed by atoms with van der Waals surface area (Å²) in [5.41, 5.74) is 0.565. The van der Waals surface area contributed by atoms with Crippen LogP contribution in [0, 0.1) is 0 Å². The number of carbonyl (C=O) groups excluding carboxylic acids is 1. The summed E-state index contributed by atoms with van der Waals surface area (Å²) in [4.78, 5) is 20.0. The fourth-order valence-corrected chi connectivity index (χ4v) is 4.59. The molecule has 0 saturated carbocycles. The van der Waals surface area contributed by atoms with Gasteiger partial charge in [-0.1, -0.05) is 71.1 Å². The Bertz CT molecular complexity index is 965.